The normalized spacial score (nSPS) is 11.0. The molecule has 5 nitrogen and oxygen atoms in total. The molecule has 7 heteroatoms. The van der Waals surface area contributed by atoms with Crippen molar-refractivity contribution in [3.63, 3.8) is 0 Å². The van der Waals surface area contributed by atoms with E-state index in [0.29, 0.717) is 16.8 Å². The largest absolute Gasteiger partial charge is 0.395 e. The Hall–Kier alpha value is -2.43. The molecule has 0 aliphatic carbocycles. The van der Waals surface area contributed by atoms with Crippen LogP contribution in [-0.4, -0.2) is 25.9 Å². The average Bonchev–Trinajstić information content (AvgIpc) is 2.53. The second-order valence-corrected chi connectivity index (χ2v) is 6.94. The van der Waals surface area contributed by atoms with Gasteiger partial charge in [0.1, 0.15) is 5.82 Å². The van der Waals surface area contributed by atoms with E-state index < -0.39 is 22.3 Å². The van der Waals surface area contributed by atoms with E-state index in [1.165, 1.54) is 30.3 Å². The number of nitriles is 1. The fourth-order valence-corrected chi connectivity index (χ4v) is 3.06. The van der Waals surface area contributed by atoms with Crippen LogP contribution in [0.15, 0.2) is 47.4 Å². The molecule has 0 radical (unpaired) electrons. The Kier molecular flexibility index (Phi) is 5.32. The summed E-state index contributed by atoms with van der Waals surface area (Å²) in [5.74, 6) is -0.750. The first-order chi connectivity index (χ1) is 11.0. The van der Waals surface area contributed by atoms with Gasteiger partial charge in [-0.1, -0.05) is 0 Å². The molecular formula is C16H15FN2O3S. The van der Waals surface area contributed by atoms with Crippen LogP contribution in [0, 0.1) is 17.1 Å². The van der Waals surface area contributed by atoms with Gasteiger partial charge < -0.3 is 10.4 Å². The average molecular weight is 334 g/mol. The number of halogens is 1. The predicted molar refractivity (Wildman–Crippen MR) is 84.0 cm³/mol. The number of sulfone groups is 1. The minimum absolute atomic E-state index is 0.126. The van der Waals surface area contributed by atoms with Gasteiger partial charge in [-0.25, -0.2) is 12.8 Å². The van der Waals surface area contributed by atoms with Gasteiger partial charge in [0.2, 0.25) is 0 Å². The summed E-state index contributed by atoms with van der Waals surface area (Å²) in [6.07, 6.45) is 0. The van der Waals surface area contributed by atoms with Gasteiger partial charge in [-0.2, -0.15) is 5.26 Å². The molecule has 0 saturated heterocycles. The highest BCUT2D eigenvalue weighted by molar-refractivity contribution is 7.91. The van der Waals surface area contributed by atoms with Crippen molar-refractivity contribution in [1.29, 1.82) is 5.26 Å². The molecule has 120 valence electrons. The molecule has 2 rings (SSSR count). The Morgan fingerprint density at radius 1 is 1.17 bits per heavy atom. The van der Waals surface area contributed by atoms with E-state index in [-0.39, 0.29) is 17.2 Å². The molecule has 0 spiro atoms. The highest BCUT2D eigenvalue weighted by Gasteiger charge is 2.13. The fraction of sp³-hybridized carbons (Fsp3) is 0.188. The summed E-state index contributed by atoms with van der Waals surface area (Å²) in [6.45, 7) is -0.192. The number of rotatable bonds is 6. The van der Waals surface area contributed by atoms with Gasteiger partial charge in [-0.3, -0.25) is 0 Å². The lowest BCUT2D eigenvalue weighted by atomic mass is 10.1. The Bertz CT molecular complexity index is 827. The second kappa shape index (κ2) is 7.22. The summed E-state index contributed by atoms with van der Waals surface area (Å²) in [7, 11) is -3.48. The van der Waals surface area contributed by atoms with Crippen molar-refractivity contribution in [2.75, 3.05) is 17.7 Å². The van der Waals surface area contributed by atoms with E-state index in [9.17, 15) is 12.8 Å². The van der Waals surface area contributed by atoms with E-state index in [0.717, 1.165) is 0 Å². The zero-order valence-corrected chi connectivity index (χ0v) is 13.0. The predicted octanol–water partition coefficient (Wildman–Crippen LogP) is 2.08. The first-order valence-corrected chi connectivity index (χ1v) is 8.47. The van der Waals surface area contributed by atoms with Crippen LogP contribution in [0.4, 0.5) is 10.1 Å². The molecule has 0 aliphatic rings. The van der Waals surface area contributed by atoms with Crippen molar-refractivity contribution >= 4 is 15.5 Å². The summed E-state index contributed by atoms with van der Waals surface area (Å²) in [5.41, 5.74) is 1.53. The first-order valence-electron chi connectivity index (χ1n) is 6.82. The molecule has 0 atom stereocenters. The Labute approximate surface area is 133 Å². The highest BCUT2D eigenvalue weighted by atomic mass is 32.2. The molecular weight excluding hydrogens is 319 g/mol. The van der Waals surface area contributed by atoms with Gasteiger partial charge >= 0.3 is 0 Å². The standard InChI is InChI=1S/C16H15FN2O3S/c17-14-2-1-12(10-18)13(9-14)11-19-15-3-5-16(6-4-15)23(21,22)8-7-20/h1-6,9,19-20H,7-8,11H2. The van der Waals surface area contributed by atoms with Gasteiger partial charge in [0.05, 0.1) is 28.9 Å². The number of nitrogens with zero attached hydrogens (tertiary/aromatic N) is 1. The molecule has 2 N–H and O–H groups in total. The third kappa shape index (κ3) is 4.28. The maximum absolute atomic E-state index is 13.2. The van der Waals surface area contributed by atoms with Crippen molar-refractivity contribution < 1.29 is 17.9 Å². The van der Waals surface area contributed by atoms with Crippen LogP contribution >= 0.6 is 0 Å². The highest BCUT2D eigenvalue weighted by Crippen LogP contribution is 2.17. The SMILES string of the molecule is N#Cc1ccc(F)cc1CNc1ccc(S(=O)(=O)CCO)cc1. The molecule has 23 heavy (non-hydrogen) atoms. The zero-order valence-electron chi connectivity index (χ0n) is 12.2. The summed E-state index contributed by atoms with van der Waals surface area (Å²) < 4.78 is 36.8. The lowest BCUT2D eigenvalue weighted by Gasteiger charge is -2.09. The van der Waals surface area contributed by atoms with Crippen molar-refractivity contribution in [1.82, 2.24) is 0 Å². The maximum atomic E-state index is 13.2. The molecule has 0 aliphatic heterocycles. The number of aliphatic hydroxyl groups excluding tert-OH is 1. The molecule has 0 unspecified atom stereocenters. The van der Waals surface area contributed by atoms with Crippen LogP contribution < -0.4 is 5.32 Å². The molecule has 0 fully saturated rings. The van der Waals surface area contributed by atoms with Gasteiger partial charge in [0.25, 0.3) is 0 Å². The van der Waals surface area contributed by atoms with Crippen LogP contribution in [0.5, 0.6) is 0 Å². The summed E-state index contributed by atoms with van der Waals surface area (Å²) in [6, 6.07) is 11.9. The monoisotopic (exact) mass is 334 g/mol. The maximum Gasteiger partial charge on any atom is 0.180 e. The molecule has 0 bridgehead atoms. The Morgan fingerprint density at radius 2 is 1.87 bits per heavy atom. The smallest absolute Gasteiger partial charge is 0.180 e. The number of nitrogens with one attached hydrogen (secondary N) is 1. The Morgan fingerprint density at radius 3 is 2.48 bits per heavy atom. The van der Waals surface area contributed by atoms with Crippen LogP contribution in [0.2, 0.25) is 0 Å². The number of aliphatic hydroxyl groups is 1. The first kappa shape index (κ1) is 16.9. The lowest BCUT2D eigenvalue weighted by Crippen LogP contribution is -2.10. The summed E-state index contributed by atoms with van der Waals surface area (Å²) in [5, 5.41) is 20.8. The second-order valence-electron chi connectivity index (χ2n) is 4.83. The van der Waals surface area contributed by atoms with Crippen molar-refractivity contribution in [2.45, 2.75) is 11.4 Å². The number of hydrogen-bond donors (Lipinski definition) is 2. The van der Waals surface area contributed by atoms with E-state index in [1.807, 2.05) is 6.07 Å². The number of benzene rings is 2. The molecule has 2 aromatic rings. The molecule has 0 aromatic heterocycles. The van der Waals surface area contributed by atoms with Crippen LogP contribution in [0.3, 0.4) is 0 Å². The molecule has 0 saturated carbocycles. The third-order valence-corrected chi connectivity index (χ3v) is 4.95. The van der Waals surface area contributed by atoms with Gasteiger partial charge in [0.15, 0.2) is 9.84 Å². The minimum atomic E-state index is -3.48. The summed E-state index contributed by atoms with van der Waals surface area (Å²) >= 11 is 0. The van der Waals surface area contributed by atoms with Crippen molar-refractivity contribution in [3.05, 3.63) is 59.4 Å². The fourth-order valence-electron chi connectivity index (χ4n) is 2.03. The van der Waals surface area contributed by atoms with E-state index >= 15 is 0 Å². The summed E-state index contributed by atoms with van der Waals surface area (Å²) in [4.78, 5) is 0.126. The van der Waals surface area contributed by atoms with Gasteiger partial charge in [-0.15, -0.1) is 0 Å². The number of anilines is 1. The minimum Gasteiger partial charge on any atom is -0.395 e. The van der Waals surface area contributed by atoms with Crippen molar-refractivity contribution in [3.8, 4) is 6.07 Å². The van der Waals surface area contributed by atoms with E-state index in [2.05, 4.69) is 5.32 Å². The molecule has 0 heterocycles. The van der Waals surface area contributed by atoms with Gasteiger partial charge in [0, 0.05) is 12.2 Å². The topological polar surface area (TPSA) is 90.2 Å². The molecule has 2 aromatic carbocycles. The molecule has 0 amide bonds. The van der Waals surface area contributed by atoms with Crippen LogP contribution in [-0.2, 0) is 16.4 Å². The Balaban J connectivity index is 2.11. The van der Waals surface area contributed by atoms with E-state index in [4.69, 9.17) is 10.4 Å². The zero-order chi connectivity index (χ0) is 16.9. The van der Waals surface area contributed by atoms with Crippen molar-refractivity contribution in [2.24, 2.45) is 0 Å². The quantitative estimate of drug-likeness (QED) is 0.844. The van der Waals surface area contributed by atoms with Crippen LogP contribution in [0.25, 0.3) is 0 Å². The van der Waals surface area contributed by atoms with Gasteiger partial charge in [-0.05, 0) is 48.0 Å². The third-order valence-electron chi connectivity index (χ3n) is 3.24. The lowest BCUT2D eigenvalue weighted by molar-refractivity contribution is 0.319. The van der Waals surface area contributed by atoms with Crippen LogP contribution in [0.1, 0.15) is 11.1 Å². The number of hydrogen-bond acceptors (Lipinski definition) is 5. The van der Waals surface area contributed by atoms with E-state index in [1.54, 1.807) is 12.1 Å².